The fraction of sp³-hybridized carbons (Fsp3) is 0.786. The van der Waals surface area contributed by atoms with Crippen molar-refractivity contribution >= 4 is 11.6 Å². The van der Waals surface area contributed by atoms with Crippen molar-refractivity contribution in [2.24, 2.45) is 7.05 Å². The van der Waals surface area contributed by atoms with E-state index in [2.05, 4.69) is 23.8 Å². The summed E-state index contributed by atoms with van der Waals surface area (Å²) >= 11 is 6.33. The van der Waals surface area contributed by atoms with Gasteiger partial charge in [-0.05, 0) is 19.8 Å². The fourth-order valence-electron chi connectivity index (χ4n) is 2.46. The smallest absolute Gasteiger partial charge is 0.131 e. The number of nitrogens with zero attached hydrogens (tertiary/aromatic N) is 3. The molecule has 110 valence electrons. The third-order valence-electron chi connectivity index (χ3n) is 3.67. The Labute approximate surface area is 121 Å². The van der Waals surface area contributed by atoms with Crippen molar-refractivity contribution in [3.63, 3.8) is 0 Å². The summed E-state index contributed by atoms with van der Waals surface area (Å²) in [7, 11) is 3.63. The second kappa shape index (κ2) is 7.88. The first kappa shape index (κ1) is 16.5. The number of hydrogen-bond donors (Lipinski definition) is 0. The molecule has 0 aliphatic carbocycles. The minimum Gasteiger partial charge on any atom is -0.383 e. The zero-order valence-electron chi connectivity index (χ0n) is 12.7. The Balaban J connectivity index is 2.86. The lowest BCUT2D eigenvalue weighted by Crippen LogP contribution is -2.36. The molecule has 0 atom stereocenters. The number of rotatable bonds is 8. The maximum absolute atomic E-state index is 6.33. The summed E-state index contributed by atoms with van der Waals surface area (Å²) in [4.78, 5) is 2.44. The van der Waals surface area contributed by atoms with Crippen molar-refractivity contribution in [1.29, 1.82) is 0 Å². The SMILES string of the molecule is CCC(CC)N(CCOC)Cc1c(C)nn(C)c1Cl. The molecule has 5 heteroatoms. The van der Waals surface area contributed by atoms with Gasteiger partial charge in [0.2, 0.25) is 0 Å². The second-order valence-corrected chi connectivity index (χ2v) is 5.27. The average molecular weight is 288 g/mol. The second-order valence-electron chi connectivity index (χ2n) is 4.91. The maximum Gasteiger partial charge on any atom is 0.131 e. The Hall–Kier alpha value is -0.580. The fourth-order valence-corrected chi connectivity index (χ4v) is 2.70. The number of halogens is 1. The summed E-state index contributed by atoms with van der Waals surface area (Å²) in [6, 6.07) is 0.561. The Morgan fingerprint density at radius 1 is 1.37 bits per heavy atom. The van der Waals surface area contributed by atoms with Crippen LogP contribution in [0.15, 0.2) is 0 Å². The predicted octanol–water partition coefficient (Wildman–Crippen LogP) is 3.02. The molecule has 0 aliphatic rings. The molecule has 19 heavy (non-hydrogen) atoms. The van der Waals surface area contributed by atoms with Crippen LogP contribution in [0.25, 0.3) is 0 Å². The molecule has 0 radical (unpaired) electrons. The molecular weight excluding hydrogens is 262 g/mol. The van der Waals surface area contributed by atoms with Gasteiger partial charge in [-0.2, -0.15) is 5.10 Å². The first-order valence-electron chi connectivity index (χ1n) is 6.96. The van der Waals surface area contributed by atoms with E-state index < -0.39 is 0 Å². The molecule has 1 heterocycles. The quantitative estimate of drug-likeness (QED) is 0.736. The molecule has 0 N–H and O–H groups in total. The van der Waals surface area contributed by atoms with E-state index in [1.54, 1.807) is 11.8 Å². The molecule has 0 unspecified atom stereocenters. The van der Waals surface area contributed by atoms with E-state index in [4.69, 9.17) is 16.3 Å². The zero-order chi connectivity index (χ0) is 14.4. The number of ether oxygens (including phenoxy) is 1. The lowest BCUT2D eigenvalue weighted by Gasteiger charge is -2.30. The zero-order valence-corrected chi connectivity index (χ0v) is 13.5. The van der Waals surface area contributed by atoms with Crippen molar-refractivity contribution in [1.82, 2.24) is 14.7 Å². The highest BCUT2D eigenvalue weighted by Crippen LogP contribution is 2.22. The van der Waals surface area contributed by atoms with Crippen molar-refractivity contribution in [3.05, 3.63) is 16.4 Å². The monoisotopic (exact) mass is 287 g/mol. The van der Waals surface area contributed by atoms with Crippen LogP contribution < -0.4 is 0 Å². The molecule has 0 bridgehead atoms. The van der Waals surface area contributed by atoms with Crippen LogP contribution in [-0.2, 0) is 18.3 Å². The van der Waals surface area contributed by atoms with Crippen LogP contribution in [-0.4, -0.2) is 41.0 Å². The summed E-state index contributed by atoms with van der Waals surface area (Å²) in [5, 5.41) is 5.12. The molecule has 4 nitrogen and oxygen atoms in total. The van der Waals surface area contributed by atoms with Gasteiger partial charge in [0.15, 0.2) is 0 Å². The van der Waals surface area contributed by atoms with E-state index in [1.165, 1.54) is 0 Å². The standard InChI is InChI=1S/C14H26ClN3O/c1-6-12(7-2)18(8-9-19-5)10-13-11(3)16-17(4)14(13)15/h12H,6-10H2,1-5H3. The highest BCUT2D eigenvalue weighted by atomic mass is 35.5. The van der Waals surface area contributed by atoms with Crippen molar-refractivity contribution in [2.45, 2.75) is 46.2 Å². The average Bonchev–Trinajstić information content (AvgIpc) is 2.63. The Morgan fingerprint density at radius 3 is 2.42 bits per heavy atom. The van der Waals surface area contributed by atoms with Gasteiger partial charge in [0.1, 0.15) is 5.15 Å². The van der Waals surface area contributed by atoms with E-state index in [1.807, 2.05) is 14.0 Å². The van der Waals surface area contributed by atoms with Crippen LogP contribution in [0, 0.1) is 6.92 Å². The number of hydrogen-bond acceptors (Lipinski definition) is 3. The van der Waals surface area contributed by atoms with E-state index in [0.29, 0.717) is 6.04 Å². The molecule has 0 fully saturated rings. The lowest BCUT2D eigenvalue weighted by atomic mass is 10.1. The van der Waals surface area contributed by atoms with E-state index >= 15 is 0 Å². The molecule has 1 aromatic rings. The highest BCUT2D eigenvalue weighted by molar-refractivity contribution is 6.30. The van der Waals surface area contributed by atoms with Gasteiger partial charge >= 0.3 is 0 Å². The van der Waals surface area contributed by atoms with Crippen LogP contribution in [0.3, 0.4) is 0 Å². The van der Waals surface area contributed by atoms with Crippen LogP contribution >= 0.6 is 11.6 Å². The molecule has 0 aliphatic heterocycles. The minimum atomic E-state index is 0.561. The number of methoxy groups -OCH3 is 1. The Bertz CT molecular complexity index is 388. The maximum atomic E-state index is 6.33. The van der Waals surface area contributed by atoms with Gasteiger partial charge in [-0.1, -0.05) is 25.4 Å². The molecule has 0 amide bonds. The lowest BCUT2D eigenvalue weighted by molar-refractivity contribution is 0.110. The molecule has 1 rings (SSSR count). The van der Waals surface area contributed by atoms with Gasteiger partial charge in [-0.15, -0.1) is 0 Å². The van der Waals surface area contributed by atoms with Gasteiger partial charge in [-0.3, -0.25) is 9.58 Å². The van der Waals surface area contributed by atoms with Gasteiger partial charge in [0.25, 0.3) is 0 Å². The van der Waals surface area contributed by atoms with Crippen molar-refractivity contribution in [2.75, 3.05) is 20.3 Å². The van der Waals surface area contributed by atoms with Crippen LogP contribution in [0.1, 0.15) is 37.9 Å². The van der Waals surface area contributed by atoms with E-state index in [-0.39, 0.29) is 0 Å². The summed E-state index contributed by atoms with van der Waals surface area (Å²) in [6.45, 7) is 8.98. The van der Waals surface area contributed by atoms with Gasteiger partial charge < -0.3 is 4.74 Å². The third-order valence-corrected chi connectivity index (χ3v) is 4.15. The summed E-state index contributed by atoms with van der Waals surface area (Å²) in [5.74, 6) is 0. The first-order valence-corrected chi connectivity index (χ1v) is 7.33. The highest BCUT2D eigenvalue weighted by Gasteiger charge is 2.19. The number of aromatic nitrogens is 2. The Kier molecular flexibility index (Phi) is 6.83. The third kappa shape index (κ3) is 4.20. The van der Waals surface area contributed by atoms with Gasteiger partial charge in [0, 0.05) is 38.9 Å². The van der Waals surface area contributed by atoms with E-state index in [0.717, 1.165) is 48.9 Å². The normalized spacial score (nSPS) is 11.8. The van der Waals surface area contributed by atoms with E-state index in [9.17, 15) is 0 Å². The Morgan fingerprint density at radius 2 is 2.00 bits per heavy atom. The molecule has 0 aromatic carbocycles. The largest absolute Gasteiger partial charge is 0.383 e. The summed E-state index contributed by atoms with van der Waals surface area (Å²) < 4.78 is 6.96. The topological polar surface area (TPSA) is 30.3 Å². The molecule has 0 saturated heterocycles. The van der Waals surface area contributed by atoms with Crippen LogP contribution in [0.4, 0.5) is 0 Å². The molecule has 1 aromatic heterocycles. The molecular formula is C14H26ClN3O. The van der Waals surface area contributed by atoms with Crippen molar-refractivity contribution < 1.29 is 4.74 Å². The van der Waals surface area contributed by atoms with Gasteiger partial charge in [-0.25, -0.2) is 0 Å². The molecule has 0 saturated carbocycles. The summed E-state index contributed by atoms with van der Waals surface area (Å²) in [6.07, 6.45) is 2.27. The number of aryl methyl sites for hydroxylation is 2. The van der Waals surface area contributed by atoms with Crippen LogP contribution in [0.2, 0.25) is 5.15 Å². The van der Waals surface area contributed by atoms with Crippen LogP contribution in [0.5, 0.6) is 0 Å². The van der Waals surface area contributed by atoms with Crippen molar-refractivity contribution in [3.8, 4) is 0 Å². The van der Waals surface area contributed by atoms with Gasteiger partial charge in [0.05, 0.1) is 12.3 Å². The predicted molar refractivity (Wildman–Crippen MR) is 79.6 cm³/mol. The molecule has 0 spiro atoms. The minimum absolute atomic E-state index is 0.561. The summed E-state index contributed by atoms with van der Waals surface area (Å²) in [5.41, 5.74) is 2.15. The first-order chi connectivity index (χ1) is 9.04.